The van der Waals surface area contributed by atoms with Gasteiger partial charge in [0.15, 0.2) is 0 Å². The third-order valence-electron chi connectivity index (χ3n) is 2.01. The number of carboxylic acid groups (broad SMARTS) is 1. The second-order valence-electron chi connectivity index (χ2n) is 2.92. The summed E-state index contributed by atoms with van der Waals surface area (Å²) in [5.41, 5.74) is 0. The highest BCUT2D eigenvalue weighted by molar-refractivity contribution is 5.70. The molecule has 0 aliphatic carbocycles. The first-order valence-corrected chi connectivity index (χ1v) is 3.66. The fraction of sp³-hybridized carbons (Fsp3) is 0.857. The Balaban J connectivity index is 2.33. The monoisotopic (exact) mass is 143 g/mol. The van der Waals surface area contributed by atoms with Crippen molar-refractivity contribution in [3.63, 3.8) is 0 Å². The van der Waals surface area contributed by atoms with Gasteiger partial charge in [-0.3, -0.25) is 4.79 Å². The SMILES string of the molecule is C[C@H]1CC[C@@H](C(=O)O)CN1. The quantitative estimate of drug-likeness (QED) is 0.560. The standard InChI is InChI=1S/C7H13NO2/c1-5-2-3-6(4-8-5)7(9)10/h5-6,8H,2-4H2,1H3,(H,9,10)/t5-,6+/m0/s1. The second-order valence-corrected chi connectivity index (χ2v) is 2.92. The summed E-state index contributed by atoms with van der Waals surface area (Å²) < 4.78 is 0. The lowest BCUT2D eigenvalue weighted by atomic mass is 9.96. The van der Waals surface area contributed by atoms with Gasteiger partial charge in [-0.1, -0.05) is 0 Å². The number of hydrogen-bond acceptors (Lipinski definition) is 2. The molecule has 0 unspecified atom stereocenters. The highest BCUT2D eigenvalue weighted by atomic mass is 16.4. The maximum absolute atomic E-state index is 10.4. The molecule has 0 saturated carbocycles. The van der Waals surface area contributed by atoms with E-state index in [0.717, 1.165) is 12.8 Å². The third-order valence-corrected chi connectivity index (χ3v) is 2.01. The van der Waals surface area contributed by atoms with Crippen molar-refractivity contribution in [3.05, 3.63) is 0 Å². The van der Waals surface area contributed by atoms with Gasteiger partial charge >= 0.3 is 5.97 Å². The van der Waals surface area contributed by atoms with Crippen molar-refractivity contribution in [2.75, 3.05) is 6.54 Å². The van der Waals surface area contributed by atoms with E-state index < -0.39 is 5.97 Å². The first kappa shape index (κ1) is 7.54. The largest absolute Gasteiger partial charge is 0.481 e. The molecule has 1 heterocycles. The molecule has 1 aliphatic rings. The summed E-state index contributed by atoms with van der Waals surface area (Å²) in [6.07, 6.45) is 1.81. The number of piperidine rings is 1. The van der Waals surface area contributed by atoms with E-state index in [1.54, 1.807) is 0 Å². The number of rotatable bonds is 1. The molecule has 0 amide bonds. The summed E-state index contributed by atoms with van der Waals surface area (Å²) in [6, 6.07) is 0.496. The maximum atomic E-state index is 10.4. The molecule has 1 saturated heterocycles. The summed E-state index contributed by atoms with van der Waals surface area (Å²) in [5.74, 6) is -0.824. The number of carbonyl (C=O) groups is 1. The fourth-order valence-corrected chi connectivity index (χ4v) is 1.21. The van der Waals surface area contributed by atoms with Gasteiger partial charge in [0.1, 0.15) is 0 Å². The van der Waals surface area contributed by atoms with Crippen molar-refractivity contribution in [3.8, 4) is 0 Å². The zero-order valence-corrected chi connectivity index (χ0v) is 6.13. The lowest BCUT2D eigenvalue weighted by Gasteiger charge is -2.24. The van der Waals surface area contributed by atoms with Crippen molar-refractivity contribution in [2.45, 2.75) is 25.8 Å². The number of carboxylic acids is 1. The van der Waals surface area contributed by atoms with E-state index in [9.17, 15) is 4.79 Å². The summed E-state index contributed by atoms with van der Waals surface area (Å²) in [7, 11) is 0. The second kappa shape index (κ2) is 3.01. The molecule has 1 aliphatic heterocycles. The summed E-state index contributed by atoms with van der Waals surface area (Å²) in [6.45, 7) is 2.72. The van der Waals surface area contributed by atoms with E-state index in [1.807, 2.05) is 0 Å². The molecule has 2 N–H and O–H groups in total. The zero-order chi connectivity index (χ0) is 7.56. The van der Waals surface area contributed by atoms with Gasteiger partial charge < -0.3 is 10.4 Å². The van der Waals surface area contributed by atoms with Crippen molar-refractivity contribution in [2.24, 2.45) is 5.92 Å². The number of hydrogen-bond donors (Lipinski definition) is 2. The third kappa shape index (κ3) is 1.70. The Morgan fingerprint density at radius 1 is 1.60 bits per heavy atom. The molecule has 0 radical (unpaired) electrons. The normalized spacial score (nSPS) is 33.7. The van der Waals surface area contributed by atoms with Crippen LogP contribution in [0.3, 0.4) is 0 Å². The fourth-order valence-electron chi connectivity index (χ4n) is 1.21. The van der Waals surface area contributed by atoms with Gasteiger partial charge in [-0.05, 0) is 19.8 Å². The molecular formula is C7H13NO2. The van der Waals surface area contributed by atoms with Gasteiger partial charge in [-0.2, -0.15) is 0 Å². The van der Waals surface area contributed by atoms with Gasteiger partial charge in [0.25, 0.3) is 0 Å². The molecule has 3 nitrogen and oxygen atoms in total. The maximum Gasteiger partial charge on any atom is 0.307 e. The van der Waals surface area contributed by atoms with Crippen LogP contribution in [0.5, 0.6) is 0 Å². The van der Waals surface area contributed by atoms with Gasteiger partial charge in [-0.15, -0.1) is 0 Å². The zero-order valence-electron chi connectivity index (χ0n) is 6.13. The van der Waals surface area contributed by atoms with Gasteiger partial charge in [0.2, 0.25) is 0 Å². The molecule has 0 aromatic heterocycles. The van der Waals surface area contributed by atoms with E-state index in [-0.39, 0.29) is 5.92 Å². The Morgan fingerprint density at radius 3 is 2.70 bits per heavy atom. The van der Waals surface area contributed by atoms with Crippen LogP contribution in [0.1, 0.15) is 19.8 Å². The van der Waals surface area contributed by atoms with Crippen molar-refractivity contribution < 1.29 is 9.90 Å². The van der Waals surface area contributed by atoms with E-state index in [2.05, 4.69) is 12.2 Å². The minimum Gasteiger partial charge on any atom is -0.481 e. The number of nitrogens with one attached hydrogen (secondary N) is 1. The number of aliphatic carboxylic acids is 1. The van der Waals surface area contributed by atoms with Crippen LogP contribution in [-0.4, -0.2) is 23.7 Å². The van der Waals surface area contributed by atoms with Crippen LogP contribution >= 0.6 is 0 Å². The summed E-state index contributed by atoms with van der Waals surface area (Å²) >= 11 is 0. The van der Waals surface area contributed by atoms with E-state index in [1.165, 1.54) is 0 Å². The van der Waals surface area contributed by atoms with Gasteiger partial charge in [-0.25, -0.2) is 0 Å². The molecule has 0 aromatic rings. The topological polar surface area (TPSA) is 49.3 Å². The van der Waals surface area contributed by atoms with Crippen LogP contribution in [-0.2, 0) is 4.79 Å². The first-order valence-electron chi connectivity index (χ1n) is 3.66. The van der Waals surface area contributed by atoms with Gasteiger partial charge in [0.05, 0.1) is 5.92 Å². The van der Waals surface area contributed by atoms with Crippen LogP contribution in [0.25, 0.3) is 0 Å². The summed E-state index contributed by atoms with van der Waals surface area (Å²) in [4.78, 5) is 10.4. The van der Waals surface area contributed by atoms with Crippen molar-refractivity contribution >= 4 is 5.97 Å². The van der Waals surface area contributed by atoms with E-state index in [0.29, 0.717) is 12.6 Å². The Labute approximate surface area is 60.4 Å². The van der Waals surface area contributed by atoms with Crippen molar-refractivity contribution in [1.82, 2.24) is 5.32 Å². The average Bonchev–Trinajstić information content (AvgIpc) is 1.88. The smallest absolute Gasteiger partial charge is 0.307 e. The molecule has 1 fully saturated rings. The van der Waals surface area contributed by atoms with Crippen molar-refractivity contribution in [1.29, 1.82) is 0 Å². The molecule has 1 rings (SSSR count). The minimum absolute atomic E-state index is 0.156. The molecule has 10 heavy (non-hydrogen) atoms. The van der Waals surface area contributed by atoms with Gasteiger partial charge in [0, 0.05) is 12.6 Å². The van der Waals surface area contributed by atoms with Crippen LogP contribution in [0.4, 0.5) is 0 Å². The van der Waals surface area contributed by atoms with E-state index in [4.69, 9.17) is 5.11 Å². The molecule has 3 heteroatoms. The van der Waals surface area contributed by atoms with Crippen LogP contribution in [0, 0.1) is 5.92 Å². The van der Waals surface area contributed by atoms with Crippen LogP contribution in [0.15, 0.2) is 0 Å². The highest BCUT2D eigenvalue weighted by Gasteiger charge is 2.22. The molecule has 2 atom stereocenters. The molecular weight excluding hydrogens is 130 g/mol. The Hall–Kier alpha value is -0.570. The lowest BCUT2D eigenvalue weighted by Crippen LogP contribution is -2.39. The van der Waals surface area contributed by atoms with Crippen LogP contribution in [0.2, 0.25) is 0 Å². The lowest BCUT2D eigenvalue weighted by molar-refractivity contribution is -0.142. The first-order chi connectivity index (χ1) is 4.70. The average molecular weight is 143 g/mol. The summed E-state index contributed by atoms with van der Waals surface area (Å²) in [5, 5.41) is 11.7. The highest BCUT2D eigenvalue weighted by Crippen LogP contribution is 2.13. The Kier molecular flexibility index (Phi) is 2.27. The molecule has 58 valence electrons. The predicted octanol–water partition coefficient (Wildman–Crippen LogP) is 0.459. The molecule has 0 spiro atoms. The molecule has 0 bridgehead atoms. The Morgan fingerprint density at radius 2 is 2.30 bits per heavy atom. The van der Waals surface area contributed by atoms with Crippen LogP contribution < -0.4 is 5.32 Å². The minimum atomic E-state index is -0.667. The Bertz CT molecular complexity index is 128. The predicted molar refractivity (Wildman–Crippen MR) is 37.8 cm³/mol. The van der Waals surface area contributed by atoms with E-state index >= 15 is 0 Å². The molecule has 0 aromatic carbocycles.